The zero-order valence-corrected chi connectivity index (χ0v) is 9.80. The molecule has 2 rings (SSSR count). The van der Waals surface area contributed by atoms with Gasteiger partial charge in [-0.1, -0.05) is 6.07 Å². The summed E-state index contributed by atoms with van der Waals surface area (Å²) < 4.78 is 0. The highest BCUT2D eigenvalue weighted by molar-refractivity contribution is 5.97. The molecular weight excluding hydrogens is 230 g/mol. The van der Waals surface area contributed by atoms with Gasteiger partial charge in [-0.3, -0.25) is 9.59 Å². The second-order valence-corrected chi connectivity index (χ2v) is 4.25. The number of primary amides is 1. The summed E-state index contributed by atoms with van der Waals surface area (Å²) in [6.07, 6.45) is 1.39. The normalized spacial score (nSPS) is 18.4. The monoisotopic (exact) mass is 243 g/mol. The molecule has 0 radical (unpaired) electrons. The Balaban J connectivity index is 2.25. The van der Waals surface area contributed by atoms with E-state index < -0.39 is 11.9 Å². The lowest BCUT2D eigenvalue weighted by molar-refractivity contribution is -0.121. The summed E-state index contributed by atoms with van der Waals surface area (Å²) in [5.74, 6) is -0.717. The van der Waals surface area contributed by atoms with E-state index in [-0.39, 0.29) is 5.91 Å². The first-order valence-corrected chi connectivity index (χ1v) is 5.74. The lowest BCUT2D eigenvalue weighted by Gasteiger charge is -2.22. The summed E-state index contributed by atoms with van der Waals surface area (Å²) in [5.41, 5.74) is 6.12. The van der Waals surface area contributed by atoms with E-state index in [0.29, 0.717) is 24.1 Å². The molecule has 1 fully saturated rings. The van der Waals surface area contributed by atoms with E-state index in [1.807, 2.05) is 6.07 Å². The molecule has 1 aliphatic rings. The van der Waals surface area contributed by atoms with Crippen molar-refractivity contribution in [2.75, 3.05) is 6.54 Å². The van der Waals surface area contributed by atoms with Crippen LogP contribution < -0.4 is 5.73 Å². The second kappa shape index (κ2) is 4.88. The first kappa shape index (κ1) is 12.1. The quantitative estimate of drug-likeness (QED) is 0.827. The Morgan fingerprint density at radius 3 is 2.89 bits per heavy atom. The van der Waals surface area contributed by atoms with Gasteiger partial charge < -0.3 is 10.6 Å². The number of nitriles is 1. The highest BCUT2D eigenvalue weighted by atomic mass is 16.2. The molecule has 2 amide bonds. The smallest absolute Gasteiger partial charge is 0.254 e. The molecule has 18 heavy (non-hydrogen) atoms. The molecule has 0 aromatic heterocycles. The van der Waals surface area contributed by atoms with E-state index in [1.54, 1.807) is 18.2 Å². The molecule has 5 nitrogen and oxygen atoms in total. The highest BCUT2D eigenvalue weighted by Crippen LogP contribution is 2.20. The van der Waals surface area contributed by atoms with Crippen molar-refractivity contribution in [3.63, 3.8) is 0 Å². The van der Waals surface area contributed by atoms with E-state index in [9.17, 15) is 9.59 Å². The van der Waals surface area contributed by atoms with Crippen LogP contribution in [-0.4, -0.2) is 29.3 Å². The van der Waals surface area contributed by atoms with Crippen molar-refractivity contribution >= 4 is 11.8 Å². The Morgan fingerprint density at radius 2 is 2.22 bits per heavy atom. The number of nitrogens with two attached hydrogens (primary N) is 1. The third-order valence-corrected chi connectivity index (χ3v) is 3.08. The zero-order chi connectivity index (χ0) is 13.1. The van der Waals surface area contributed by atoms with Crippen LogP contribution in [0.25, 0.3) is 0 Å². The minimum atomic E-state index is -0.525. The largest absolute Gasteiger partial charge is 0.368 e. The predicted octanol–water partition coefficient (Wildman–Crippen LogP) is 0.648. The van der Waals surface area contributed by atoms with Gasteiger partial charge in [0.2, 0.25) is 5.91 Å². The third-order valence-electron chi connectivity index (χ3n) is 3.08. The van der Waals surface area contributed by atoms with Crippen molar-refractivity contribution < 1.29 is 9.59 Å². The topological polar surface area (TPSA) is 87.2 Å². The maximum Gasteiger partial charge on any atom is 0.254 e. The number of likely N-dealkylation sites (tertiary alicyclic amines) is 1. The van der Waals surface area contributed by atoms with Crippen LogP contribution in [0, 0.1) is 11.3 Å². The van der Waals surface area contributed by atoms with Crippen molar-refractivity contribution in [1.29, 1.82) is 5.26 Å². The van der Waals surface area contributed by atoms with Crippen LogP contribution in [0.5, 0.6) is 0 Å². The maximum atomic E-state index is 12.2. The summed E-state index contributed by atoms with van der Waals surface area (Å²) in [5, 5.41) is 8.80. The molecule has 92 valence electrons. The van der Waals surface area contributed by atoms with E-state index >= 15 is 0 Å². The van der Waals surface area contributed by atoms with Crippen molar-refractivity contribution in [3.05, 3.63) is 35.4 Å². The summed E-state index contributed by atoms with van der Waals surface area (Å²) in [6, 6.07) is 7.91. The maximum absolute atomic E-state index is 12.2. The SMILES string of the molecule is N#Cc1cccc(C(=O)N2CCC[C@H]2C(N)=O)c1. The minimum absolute atomic E-state index is 0.242. The number of rotatable bonds is 2. The summed E-state index contributed by atoms with van der Waals surface area (Å²) in [7, 11) is 0. The Hall–Kier alpha value is -2.35. The average Bonchev–Trinajstić information content (AvgIpc) is 2.87. The Kier molecular flexibility index (Phi) is 3.28. The molecule has 0 unspecified atom stereocenters. The molecule has 2 N–H and O–H groups in total. The average molecular weight is 243 g/mol. The van der Waals surface area contributed by atoms with Crippen molar-refractivity contribution in [1.82, 2.24) is 4.90 Å². The summed E-state index contributed by atoms with van der Waals surface area (Å²) >= 11 is 0. The lowest BCUT2D eigenvalue weighted by Crippen LogP contribution is -2.43. The fourth-order valence-electron chi connectivity index (χ4n) is 2.19. The highest BCUT2D eigenvalue weighted by Gasteiger charge is 2.33. The summed E-state index contributed by atoms with van der Waals surface area (Å²) in [4.78, 5) is 25.0. The van der Waals surface area contributed by atoms with Crippen LogP contribution in [0.1, 0.15) is 28.8 Å². The first-order valence-electron chi connectivity index (χ1n) is 5.74. The Morgan fingerprint density at radius 1 is 1.44 bits per heavy atom. The van der Waals surface area contributed by atoms with Gasteiger partial charge in [0.1, 0.15) is 6.04 Å². The van der Waals surface area contributed by atoms with Gasteiger partial charge in [-0.15, -0.1) is 0 Å². The second-order valence-electron chi connectivity index (χ2n) is 4.25. The fraction of sp³-hybridized carbons (Fsp3) is 0.308. The number of hydrogen-bond acceptors (Lipinski definition) is 3. The van der Waals surface area contributed by atoms with Gasteiger partial charge in [0.25, 0.3) is 5.91 Å². The van der Waals surface area contributed by atoms with Crippen molar-refractivity contribution in [3.8, 4) is 6.07 Å². The Bertz CT molecular complexity index is 533. The fourth-order valence-corrected chi connectivity index (χ4v) is 2.19. The number of nitrogens with zero attached hydrogens (tertiary/aromatic N) is 2. The zero-order valence-electron chi connectivity index (χ0n) is 9.80. The number of hydrogen-bond donors (Lipinski definition) is 1. The molecule has 0 spiro atoms. The molecule has 1 atom stereocenters. The molecule has 0 bridgehead atoms. The molecule has 0 saturated carbocycles. The van der Waals surface area contributed by atoms with Crippen molar-refractivity contribution in [2.24, 2.45) is 5.73 Å². The number of carbonyl (C=O) groups excluding carboxylic acids is 2. The van der Waals surface area contributed by atoms with Gasteiger partial charge in [0, 0.05) is 12.1 Å². The minimum Gasteiger partial charge on any atom is -0.368 e. The number of amides is 2. The van der Waals surface area contributed by atoms with E-state index in [0.717, 1.165) is 6.42 Å². The number of carbonyl (C=O) groups is 2. The van der Waals surface area contributed by atoms with Gasteiger partial charge in [-0.05, 0) is 31.0 Å². The van der Waals surface area contributed by atoms with Crippen LogP contribution in [0.15, 0.2) is 24.3 Å². The molecule has 1 heterocycles. The van der Waals surface area contributed by atoms with Crippen LogP contribution in [0.2, 0.25) is 0 Å². The number of benzene rings is 1. The van der Waals surface area contributed by atoms with Gasteiger partial charge in [-0.25, -0.2) is 0 Å². The molecular formula is C13H13N3O2. The van der Waals surface area contributed by atoms with Crippen LogP contribution in [0.4, 0.5) is 0 Å². The third kappa shape index (κ3) is 2.18. The van der Waals surface area contributed by atoms with E-state index in [1.165, 1.54) is 11.0 Å². The first-order chi connectivity index (χ1) is 8.63. The predicted molar refractivity (Wildman–Crippen MR) is 64.4 cm³/mol. The molecule has 1 aliphatic heterocycles. The van der Waals surface area contributed by atoms with Crippen LogP contribution in [0.3, 0.4) is 0 Å². The van der Waals surface area contributed by atoms with E-state index in [4.69, 9.17) is 11.0 Å². The van der Waals surface area contributed by atoms with Gasteiger partial charge in [-0.2, -0.15) is 5.26 Å². The molecule has 0 aliphatic carbocycles. The van der Waals surface area contributed by atoms with Gasteiger partial charge in [0.05, 0.1) is 11.6 Å². The van der Waals surface area contributed by atoms with Gasteiger partial charge in [0.15, 0.2) is 0 Å². The van der Waals surface area contributed by atoms with Crippen molar-refractivity contribution in [2.45, 2.75) is 18.9 Å². The van der Waals surface area contributed by atoms with Crippen LogP contribution in [-0.2, 0) is 4.79 Å². The lowest BCUT2D eigenvalue weighted by atomic mass is 10.1. The Labute approximate surface area is 105 Å². The molecule has 1 saturated heterocycles. The van der Waals surface area contributed by atoms with Gasteiger partial charge >= 0.3 is 0 Å². The summed E-state index contributed by atoms with van der Waals surface area (Å²) in [6.45, 7) is 0.531. The molecule has 1 aromatic carbocycles. The van der Waals surface area contributed by atoms with Crippen LogP contribution >= 0.6 is 0 Å². The molecule has 1 aromatic rings. The van der Waals surface area contributed by atoms with E-state index in [2.05, 4.69) is 0 Å². The standard InChI is InChI=1S/C13H13N3O2/c14-8-9-3-1-4-10(7-9)13(18)16-6-2-5-11(16)12(15)17/h1,3-4,7,11H,2,5-6H2,(H2,15,17)/t11-/m0/s1. The molecule has 5 heteroatoms.